The molecule has 2 aliphatic heterocycles. The first kappa shape index (κ1) is 28.7. The van der Waals surface area contributed by atoms with Gasteiger partial charge >= 0.3 is 0 Å². The predicted molar refractivity (Wildman–Crippen MR) is 167 cm³/mol. The Kier molecular flexibility index (Phi) is 8.86. The van der Waals surface area contributed by atoms with E-state index in [4.69, 9.17) is 16.3 Å². The lowest BCUT2D eigenvalue weighted by atomic mass is 10.00. The molecule has 9 nitrogen and oxygen atoms in total. The number of halogens is 1. The first-order valence-electron chi connectivity index (χ1n) is 13.8. The van der Waals surface area contributed by atoms with Crippen molar-refractivity contribution in [3.63, 3.8) is 0 Å². The zero-order valence-corrected chi connectivity index (χ0v) is 25.4. The van der Waals surface area contributed by atoms with E-state index in [1.807, 2.05) is 24.3 Å². The molecule has 40 heavy (non-hydrogen) atoms. The summed E-state index contributed by atoms with van der Waals surface area (Å²) in [4.78, 5) is 16.5. The van der Waals surface area contributed by atoms with Crippen LogP contribution in [0.3, 0.4) is 0 Å². The molecule has 214 valence electrons. The quantitative estimate of drug-likeness (QED) is 0.343. The number of aryl methyl sites for hydroxylation is 1. The average Bonchev–Trinajstić information content (AvgIpc) is 2.94. The minimum absolute atomic E-state index is 0.371. The second kappa shape index (κ2) is 12.4. The van der Waals surface area contributed by atoms with Crippen molar-refractivity contribution in [1.82, 2.24) is 19.8 Å². The van der Waals surface area contributed by atoms with Crippen LogP contribution in [0, 0.1) is 0 Å². The number of methoxy groups -OCH3 is 1. The number of fused-ring (bicyclic) bond motifs is 1. The lowest BCUT2D eigenvalue weighted by molar-refractivity contribution is 0.156. The maximum Gasteiger partial charge on any atom is 0.229 e. The summed E-state index contributed by atoms with van der Waals surface area (Å²) < 4.78 is 18.6. The number of likely N-dealkylation sites (N-methyl/N-ethyl adjacent to an activating group) is 1. The van der Waals surface area contributed by atoms with Gasteiger partial charge in [-0.05, 0) is 57.0 Å². The molecule has 0 radical (unpaired) electrons. The fourth-order valence-corrected chi connectivity index (χ4v) is 6.63. The molecule has 5 rings (SSSR count). The van der Waals surface area contributed by atoms with Crippen molar-refractivity contribution in [1.29, 1.82) is 0 Å². The number of para-hydroxylation sites is 1. The summed E-state index contributed by atoms with van der Waals surface area (Å²) >= 11 is 6.46. The number of rotatable bonds is 9. The lowest BCUT2D eigenvalue weighted by Gasteiger charge is -2.36. The van der Waals surface area contributed by atoms with Crippen molar-refractivity contribution >= 4 is 52.9 Å². The Morgan fingerprint density at radius 3 is 2.55 bits per heavy atom. The number of nitrogens with one attached hydrogen (secondary N) is 2. The molecule has 0 atom stereocenters. The number of hydrogen-bond acceptors (Lipinski definition) is 9. The Hall–Kier alpha value is -2.84. The molecular weight excluding hydrogens is 545 g/mol. The minimum atomic E-state index is -2.51. The van der Waals surface area contributed by atoms with Gasteiger partial charge in [0.2, 0.25) is 5.95 Å². The van der Waals surface area contributed by atoms with Crippen LogP contribution in [0.15, 0.2) is 42.6 Å². The van der Waals surface area contributed by atoms with Crippen molar-refractivity contribution in [2.75, 3.05) is 88.8 Å². The zero-order chi connectivity index (χ0) is 28.3. The zero-order valence-electron chi connectivity index (χ0n) is 23.8. The van der Waals surface area contributed by atoms with Crippen LogP contribution in [-0.2, 0) is 11.0 Å². The van der Waals surface area contributed by atoms with Crippen molar-refractivity contribution in [2.24, 2.45) is 0 Å². The van der Waals surface area contributed by atoms with Crippen LogP contribution >= 0.6 is 18.7 Å². The summed E-state index contributed by atoms with van der Waals surface area (Å²) in [7, 11) is 1.37. The first-order chi connectivity index (χ1) is 19.2. The molecule has 3 aromatic rings. The van der Waals surface area contributed by atoms with Crippen LogP contribution in [0.5, 0.6) is 5.75 Å². The van der Waals surface area contributed by atoms with Gasteiger partial charge in [-0.2, -0.15) is 4.98 Å². The molecule has 2 aliphatic rings. The number of hydrogen-bond donors (Lipinski definition) is 2. The lowest BCUT2D eigenvalue weighted by Crippen LogP contribution is -2.47. The Morgan fingerprint density at radius 2 is 1.80 bits per heavy atom. The molecule has 11 heteroatoms. The topological polar surface area (TPSA) is 85.9 Å². The Balaban J connectivity index is 1.34. The second-order valence-corrected chi connectivity index (χ2v) is 14.5. The van der Waals surface area contributed by atoms with Gasteiger partial charge in [0.1, 0.15) is 17.9 Å². The number of aromatic nitrogens is 2. The van der Waals surface area contributed by atoms with Gasteiger partial charge in [0, 0.05) is 62.9 Å². The molecule has 0 saturated carbocycles. The SMILES string of the molecule is COc1cc2c(cc1Nc1ncc(Cl)c(Nc3ccccc3P(C)(C)=O)n1)CCCN2CCN1CCN(C)CC1. The van der Waals surface area contributed by atoms with E-state index in [-0.39, 0.29) is 0 Å². The third-order valence-electron chi connectivity index (χ3n) is 7.63. The van der Waals surface area contributed by atoms with Crippen LogP contribution in [0.4, 0.5) is 28.8 Å². The highest BCUT2D eigenvalue weighted by molar-refractivity contribution is 7.70. The Labute approximate surface area is 242 Å². The monoisotopic (exact) mass is 583 g/mol. The van der Waals surface area contributed by atoms with Gasteiger partial charge in [0.05, 0.1) is 24.7 Å². The van der Waals surface area contributed by atoms with Gasteiger partial charge in [-0.3, -0.25) is 4.90 Å². The molecule has 3 heterocycles. The average molecular weight is 584 g/mol. The van der Waals surface area contributed by atoms with E-state index in [0.29, 0.717) is 22.5 Å². The summed E-state index contributed by atoms with van der Waals surface area (Å²) in [6.45, 7) is 11.1. The van der Waals surface area contributed by atoms with Gasteiger partial charge in [-0.15, -0.1) is 0 Å². The third kappa shape index (κ3) is 6.72. The highest BCUT2D eigenvalue weighted by Crippen LogP contribution is 2.40. The molecule has 0 spiro atoms. The van der Waals surface area contributed by atoms with Crippen LogP contribution in [0.1, 0.15) is 12.0 Å². The fourth-order valence-electron chi connectivity index (χ4n) is 5.33. The van der Waals surface area contributed by atoms with Crippen LogP contribution in [0.2, 0.25) is 5.02 Å². The van der Waals surface area contributed by atoms with Gasteiger partial charge in [-0.25, -0.2) is 4.98 Å². The van der Waals surface area contributed by atoms with Gasteiger partial charge in [-0.1, -0.05) is 23.7 Å². The molecule has 0 aliphatic carbocycles. The molecule has 0 bridgehead atoms. The van der Waals surface area contributed by atoms with Crippen LogP contribution in [-0.4, -0.2) is 93.1 Å². The second-order valence-electron chi connectivity index (χ2n) is 10.9. The van der Waals surface area contributed by atoms with E-state index in [1.165, 1.54) is 11.3 Å². The maximum absolute atomic E-state index is 12.8. The maximum atomic E-state index is 12.8. The van der Waals surface area contributed by atoms with Gasteiger partial charge < -0.3 is 29.7 Å². The molecule has 1 aromatic heterocycles. The highest BCUT2D eigenvalue weighted by atomic mass is 35.5. The first-order valence-corrected chi connectivity index (χ1v) is 16.8. The van der Waals surface area contributed by atoms with Crippen molar-refractivity contribution in [2.45, 2.75) is 12.8 Å². The summed E-state index contributed by atoms with van der Waals surface area (Å²) in [5, 5.41) is 7.72. The van der Waals surface area contributed by atoms with E-state index >= 15 is 0 Å². The van der Waals surface area contributed by atoms with Crippen molar-refractivity contribution in [3.05, 3.63) is 53.2 Å². The van der Waals surface area contributed by atoms with E-state index in [0.717, 1.165) is 75.4 Å². The van der Waals surface area contributed by atoms with Crippen molar-refractivity contribution in [3.8, 4) is 5.75 Å². The van der Waals surface area contributed by atoms with Crippen LogP contribution < -0.4 is 25.6 Å². The fraction of sp³-hybridized carbons (Fsp3) is 0.448. The Bertz CT molecular complexity index is 1390. The summed E-state index contributed by atoms with van der Waals surface area (Å²) in [6.07, 6.45) is 3.69. The van der Waals surface area contributed by atoms with E-state index in [9.17, 15) is 4.57 Å². The van der Waals surface area contributed by atoms with Crippen LogP contribution in [0.25, 0.3) is 0 Å². The molecule has 2 aromatic carbocycles. The number of piperazine rings is 1. The van der Waals surface area contributed by atoms with E-state index in [1.54, 1.807) is 26.6 Å². The number of ether oxygens (including phenoxy) is 1. The van der Waals surface area contributed by atoms with E-state index in [2.05, 4.69) is 54.5 Å². The molecule has 0 unspecified atom stereocenters. The molecule has 2 N–H and O–H groups in total. The molecule has 1 fully saturated rings. The molecule has 1 saturated heterocycles. The van der Waals surface area contributed by atoms with E-state index < -0.39 is 7.14 Å². The summed E-state index contributed by atoms with van der Waals surface area (Å²) in [5.41, 5.74) is 4.05. The summed E-state index contributed by atoms with van der Waals surface area (Å²) in [6, 6.07) is 11.8. The highest BCUT2D eigenvalue weighted by Gasteiger charge is 2.22. The Morgan fingerprint density at radius 1 is 1.02 bits per heavy atom. The number of anilines is 5. The predicted octanol–water partition coefficient (Wildman–Crippen LogP) is 4.87. The molecule has 0 amide bonds. The number of nitrogens with zero attached hydrogens (tertiary/aromatic N) is 5. The minimum Gasteiger partial charge on any atom is -0.494 e. The van der Waals surface area contributed by atoms with Crippen molar-refractivity contribution < 1.29 is 9.30 Å². The number of benzene rings is 2. The largest absolute Gasteiger partial charge is 0.494 e. The normalized spacial score (nSPS) is 16.5. The standard InChI is InChI=1S/C29H39ClN7O2P/c1-35-12-14-36(15-13-35)16-17-37-11-7-8-21-18-24(26(39-2)19-25(21)37)33-29-31-20-22(30)28(34-29)32-23-9-5-6-10-27(23)40(3,4)38/h5-6,9-10,18-20H,7-8,11-17H2,1-4H3,(H2,31,32,33,34). The smallest absolute Gasteiger partial charge is 0.229 e. The third-order valence-corrected chi connectivity index (χ3v) is 9.45. The van der Waals surface area contributed by atoms with Gasteiger partial charge in [0.15, 0.2) is 5.82 Å². The summed E-state index contributed by atoms with van der Waals surface area (Å²) in [5.74, 6) is 1.56. The molecular formula is C29H39ClN7O2P. The van der Waals surface area contributed by atoms with Gasteiger partial charge in [0.25, 0.3) is 0 Å².